The molecule has 0 aliphatic rings. The normalized spacial score (nSPS) is 9.93. The highest BCUT2D eigenvalue weighted by molar-refractivity contribution is 8.13. The molecule has 0 saturated heterocycles. The summed E-state index contributed by atoms with van der Waals surface area (Å²) in [6.45, 7) is 4.49. The Labute approximate surface area is 85.0 Å². The lowest BCUT2D eigenvalue weighted by Crippen LogP contribution is -2.22. The molecule has 0 aliphatic carbocycles. The summed E-state index contributed by atoms with van der Waals surface area (Å²) < 4.78 is 1.38. The van der Waals surface area contributed by atoms with E-state index in [-0.39, 0.29) is 11.0 Å². The predicted octanol–water partition coefficient (Wildman–Crippen LogP) is 0.315. The predicted molar refractivity (Wildman–Crippen MR) is 51.3 cm³/mol. The van der Waals surface area contributed by atoms with Gasteiger partial charge in [0.15, 0.2) is 5.12 Å². The lowest BCUT2D eigenvalue weighted by molar-refractivity contribution is -0.115. The number of nitrogens with one attached hydrogen (secondary N) is 1. The van der Waals surface area contributed by atoms with E-state index in [1.54, 1.807) is 6.92 Å². The zero-order chi connectivity index (χ0) is 10.7. The van der Waals surface area contributed by atoms with Gasteiger partial charge in [-0.15, -0.1) is 10.2 Å². The number of aromatic nitrogens is 3. The van der Waals surface area contributed by atoms with Gasteiger partial charge in [-0.05, 0) is 18.7 Å². The van der Waals surface area contributed by atoms with Gasteiger partial charge < -0.3 is 0 Å². The zero-order valence-electron chi connectivity index (χ0n) is 8.07. The van der Waals surface area contributed by atoms with Gasteiger partial charge >= 0.3 is 0 Å². The van der Waals surface area contributed by atoms with Crippen LogP contribution >= 0.6 is 11.8 Å². The van der Waals surface area contributed by atoms with Crippen LogP contribution < -0.4 is 5.43 Å². The maximum absolute atomic E-state index is 10.8. The first kappa shape index (κ1) is 10.7. The molecule has 1 aromatic heterocycles. The Hall–Kier alpha value is -1.37. The molecule has 1 rings (SSSR count). The molecule has 1 amide bonds. The molecular weight excluding hydrogens is 204 g/mol. The van der Waals surface area contributed by atoms with Crippen molar-refractivity contribution in [1.82, 2.24) is 14.9 Å². The van der Waals surface area contributed by atoms with Gasteiger partial charge in [-0.25, -0.2) is 4.68 Å². The monoisotopic (exact) mass is 214 g/mol. The number of rotatable bonds is 2. The van der Waals surface area contributed by atoms with Gasteiger partial charge in [0.05, 0.1) is 0 Å². The highest BCUT2D eigenvalue weighted by atomic mass is 32.2. The Morgan fingerprint density at radius 1 is 1.36 bits per heavy atom. The molecule has 0 bridgehead atoms. The number of carbonyl (C=O) groups is 2. The van der Waals surface area contributed by atoms with E-state index in [2.05, 4.69) is 15.6 Å². The first-order valence-corrected chi connectivity index (χ1v) is 4.70. The first-order valence-electron chi connectivity index (χ1n) is 3.88. The van der Waals surface area contributed by atoms with E-state index in [0.29, 0.717) is 11.0 Å². The van der Waals surface area contributed by atoms with Crippen molar-refractivity contribution in [2.75, 3.05) is 5.43 Å². The summed E-state index contributed by atoms with van der Waals surface area (Å²) in [5.41, 5.74) is 2.51. The smallest absolute Gasteiger partial charge is 0.235 e. The minimum atomic E-state index is -0.238. The van der Waals surface area contributed by atoms with Gasteiger partial charge in [-0.3, -0.25) is 15.0 Å². The van der Waals surface area contributed by atoms with Crippen molar-refractivity contribution in [3.8, 4) is 0 Å². The van der Waals surface area contributed by atoms with Crippen molar-refractivity contribution in [3.63, 3.8) is 0 Å². The molecule has 0 aromatic carbocycles. The second-order valence-electron chi connectivity index (χ2n) is 2.63. The number of hydrogen-bond donors (Lipinski definition) is 1. The molecule has 1 aromatic rings. The van der Waals surface area contributed by atoms with Crippen molar-refractivity contribution < 1.29 is 9.59 Å². The molecule has 0 fully saturated rings. The van der Waals surface area contributed by atoms with Gasteiger partial charge in [0.1, 0.15) is 5.82 Å². The van der Waals surface area contributed by atoms with Crippen molar-refractivity contribution in [1.29, 1.82) is 0 Å². The van der Waals surface area contributed by atoms with E-state index in [4.69, 9.17) is 0 Å². The standard InChI is InChI=1S/C7H10N4O2S/c1-4-8-9-7(14-6(3)13)11(4)10-5(2)12/h1-3H3,(H,10,12). The average Bonchev–Trinajstić information content (AvgIpc) is 2.34. The summed E-state index contributed by atoms with van der Waals surface area (Å²) in [6.07, 6.45) is 0. The number of aryl methyl sites for hydroxylation is 1. The highest BCUT2D eigenvalue weighted by Crippen LogP contribution is 2.15. The molecule has 0 radical (unpaired) electrons. The number of thioether (sulfide) groups is 1. The molecule has 7 heteroatoms. The fourth-order valence-electron chi connectivity index (χ4n) is 0.824. The van der Waals surface area contributed by atoms with Crippen LogP contribution in [0.2, 0.25) is 0 Å². The van der Waals surface area contributed by atoms with Crippen molar-refractivity contribution in [3.05, 3.63) is 5.82 Å². The molecule has 0 unspecified atom stereocenters. The fraction of sp³-hybridized carbons (Fsp3) is 0.429. The molecule has 76 valence electrons. The number of carbonyl (C=O) groups excluding carboxylic acids is 2. The fourth-order valence-corrected chi connectivity index (χ4v) is 1.43. The Bertz CT molecular complexity index is 374. The lowest BCUT2D eigenvalue weighted by atomic mass is 10.7. The van der Waals surface area contributed by atoms with Gasteiger partial charge in [-0.1, -0.05) is 0 Å². The SMILES string of the molecule is CC(=O)Nn1c(C)nnc1SC(C)=O. The third kappa shape index (κ3) is 2.56. The lowest BCUT2D eigenvalue weighted by Gasteiger charge is -2.05. The van der Waals surface area contributed by atoms with Crippen LogP contribution in [0.1, 0.15) is 19.7 Å². The summed E-state index contributed by atoms with van der Waals surface area (Å²) in [5.74, 6) is 0.294. The molecule has 0 spiro atoms. The van der Waals surface area contributed by atoms with Crippen LogP contribution in [-0.2, 0) is 9.59 Å². The number of amides is 1. The van der Waals surface area contributed by atoms with E-state index in [9.17, 15) is 9.59 Å². The number of hydrogen-bond acceptors (Lipinski definition) is 5. The second kappa shape index (κ2) is 4.23. The largest absolute Gasteiger partial charge is 0.287 e. The second-order valence-corrected chi connectivity index (χ2v) is 3.77. The van der Waals surface area contributed by atoms with E-state index < -0.39 is 0 Å². The zero-order valence-corrected chi connectivity index (χ0v) is 8.88. The Kier molecular flexibility index (Phi) is 3.23. The Morgan fingerprint density at radius 2 is 2.00 bits per heavy atom. The third-order valence-corrected chi connectivity index (χ3v) is 2.03. The van der Waals surface area contributed by atoms with E-state index in [0.717, 1.165) is 11.8 Å². The van der Waals surface area contributed by atoms with Gasteiger partial charge in [0.25, 0.3) is 0 Å². The molecule has 6 nitrogen and oxygen atoms in total. The summed E-state index contributed by atoms with van der Waals surface area (Å²) in [7, 11) is 0. The van der Waals surface area contributed by atoms with Crippen molar-refractivity contribution in [2.45, 2.75) is 25.9 Å². The Balaban J connectivity index is 2.93. The van der Waals surface area contributed by atoms with Crippen LogP contribution in [0.3, 0.4) is 0 Å². The van der Waals surface area contributed by atoms with Crippen LogP contribution in [0, 0.1) is 6.92 Å². The Morgan fingerprint density at radius 3 is 2.50 bits per heavy atom. The quantitative estimate of drug-likeness (QED) is 0.717. The summed E-state index contributed by atoms with van der Waals surface area (Å²) in [4.78, 5) is 21.6. The maximum atomic E-state index is 10.8. The maximum Gasteiger partial charge on any atom is 0.235 e. The van der Waals surface area contributed by atoms with E-state index in [1.165, 1.54) is 18.5 Å². The van der Waals surface area contributed by atoms with Crippen LogP contribution in [0.25, 0.3) is 0 Å². The summed E-state index contributed by atoms with van der Waals surface area (Å²) >= 11 is 0.924. The number of nitrogens with zero attached hydrogens (tertiary/aromatic N) is 3. The average molecular weight is 214 g/mol. The molecule has 14 heavy (non-hydrogen) atoms. The van der Waals surface area contributed by atoms with Gasteiger partial charge in [0, 0.05) is 13.8 Å². The van der Waals surface area contributed by atoms with Gasteiger partial charge in [0.2, 0.25) is 11.1 Å². The summed E-state index contributed by atoms with van der Waals surface area (Å²) in [6, 6.07) is 0. The van der Waals surface area contributed by atoms with E-state index >= 15 is 0 Å². The van der Waals surface area contributed by atoms with Crippen LogP contribution in [0.4, 0.5) is 0 Å². The topological polar surface area (TPSA) is 76.9 Å². The van der Waals surface area contributed by atoms with Crippen molar-refractivity contribution in [2.24, 2.45) is 0 Å². The molecule has 1 N–H and O–H groups in total. The van der Waals surface area contributed by atoms with E-state index in [1.807, 2.05) is 0 Å². The molecule has 1 heterocycles. The third-order valence-electron chi connectivity index (χ3n) is 1.30. The summed E-state index contributed by atoms with van der Waals surface area (Å²) in [5, 5.41) is 7.76. The molecular formula is C7H10N4O2S. The van der Waals surface area contributed by atoms with Crippen molar-refractivity contribution >= 4 is 22.8 Å². The molecule has 0 saturated carbocycles. The molecule has 0 aliphatic heterocycles. The molecule has 0 atom stereocenters. The minimum absolute atomic E-state index is 0.107. The van der Waals surface area contributed by atoms with Crippen LogP contribution in [0.5, 0.6) is 0 Å². The highest BCUT2D eigenvalue weighted by Gasteiger charge is 2.12. The van der Waals surface area contributed by atoms with Crippen LogP contribution in [0.15, 0.2) is 5.16 Å². The minimum Gasteiger partial charge on any atom is -0.287 e. The first-order chi connectivity index (χ1) is 6.50. The van der Waals surface area contributed by atoms with Gasteiger partial charge in [-0.2, -0.15) is 0 Å². The van der Waals surface area contributed by atoms with Crippen LogP contribution in [-0.4, -0.2) is 25.9 Å².